The van der Waals surface area contributed by atoms with Gasteiger partial charge in [0.1, 0.15) is 0 Å². The van der Waals surface area contributed by atoms with E-state index in [0.717, 1.165) is 63.5 Å². The number of nitrogens with one attached hydrogen (secondary N) is 2. The van der Waals surface area contributed by atoms with E-state index in [1.807, 2.05) is 0 Å². The lowest BCUT2D eigenvalue weighted by atomic mass is 10.1. The first-order chi connectivity index (χ1) is 14.4. The number of benzene rings is 2. The average Bonchev–Trinajstić information content (AvgIpc) is 3.31. The molecule has 0 radical (unpaired) electrons. The molecule has 7 heteroatoms. The zero-order valence-electron chi connectivity index (χ0n) is 16.5. The van der Waals surface area contributed by atoms with Crippen LogP contribution in [0.25, 0.3) is 22.9 Å². The Labute approximate surface area is 170 Å². The van der Waals surface area contributed by atoms with Gasteiger partial charge in [-0.1, -0.05) is 0 Å². The maximum Gasteiger partial charge on any atom is 0.248 e. The smallest absolute Gasteiger partial charge is 0.248 e. The molecule has 2 N–H and O–H groups in total. The van der Waals surface area contributed by atoms with E-state index in [4.69, 9.17) is 4.42 Å². The largest absolute Gasteiger partial charge is 0.416 e. The minimum absolute atomic E-state index is 0.554. The number of piperazine rings is 2. The van der Waals surface area contributed by atoms with E-state index in [1.165, 1.54) is 11.4 Å². The molecule has 0 spiro atoms. The van der Waals surface area contributed by atoms with E-state index in [1.54, 1.807) is 0 Å². The van der Waals surface area contributed by atoms with Gasteiger partial charge >= 0.3 is 0 Å². The van der Waals surface area contributed by atoms with Gasteiger partial charge in [0, 0.05) is 74.9 Å². The maximum absolute atomic E-state index is 5.96. The van der Waals surface area contributed by atoms with Crippen molar-refractivity contribution in [2.24, 2.45) is 0 Å². The van der Waals surface area contributed by atoms with Crippen molar-refractivity contribution in [2.45, 2.75) is 0 Å². The van der Waals surface area contributed by atoms with Crippen molar-refractivity contribution in [1.82, 2.24) is 20.8 Å². The fourth-order valence-electron chi connectivity index (χ4n) is 3.93. The molecule has 29 heavy (non-hydrogen) atoms. The first-order valence-electron chi connectivity index (χ1n) is 10.3. The summed E-state index contributed by atoms with van der Waals surface area (Å²) >= 11 is 0. The fourth-order valence-corrected chi connectivity index (χ4v) is 3.93. The van der Waals surface area contributed by atoms with Gasteiger partial charge in [-0.3, -0.25) is 0 Å². The number of hydrogen-bond donors (Lipinski definition) is 2. The lowest BCUT2D eigenvalue weighted by molar-refractivity contribution is 0.583. The summed E-state index contributed by atoms with van der Waals surface area (Å²) < 4.78 is 5.96. The Kier molecular flexibility index (Phi) is 5.15. The topological polar surface area (TPSA) is 69.5 Å². The highest BCUT2D eigenvalue weighted by atomic mass is 16.4. The molecule has 2 aromatic carbocycles. The van der Waals surface area contributed by atoms with Crippen molar-refractivity contribution >= 4 is 11.4 Å². The van der Waals surface area contributed by atoms with Crippen LogP contribution in [-0.4, -0.2) is 62.6 Å². The van der Waals surface area contributed by atoms with Crippen molar-refractivity contribution < 1.29 is 4.42 Å². The van der Waals surface area contributed by atoms with Crippen LogP contribution in [0.2, 0.25) is 0 Å². The second kappa shape index (κ2) is 8.23. The number of rotatable bonds is 4. The Morgan fingerprint density at radius 3 is 1.34 bits per heavy atom. The van der Waals surface area contributed by atoms with Gasteiger partial charge < -0.3 is 24.9 Å². The standard InChI is InChI=1S/C22H26N6O/c1-5-19(27-13-9-23-10-14-27)6-2-17(1)21-25-26-22(29-21)18-3-7-20(8-4-18)28-15-11-24-12-16-28/h1-8,23-24H,9-16H2. The quantitative estimate of drug-likeness (QED) is 0.708. The number of anilines is 2. The Morgan fingerprint density at radius 2 is 0.966 bits per heavy atom. The van der Waals surface area contributed by atoms with Crippen molar-refractivity contribution in [3.63, 3.8) is 0 Å². The molecule has 2 aliphatic rings. The normalized spacial score (nSPS) is 17.5. The van der Waals surface area contributed by atoms with Gasteiger partial charge in [0.25, 0.3) is 0 Å². The van der Waals surface area contributed by atoms with Gasteiger partial charge in [-0.2, -0.15) is 0 Å². The van der Waals surface area contributed by atoms with Crippen LogP contribution in [0.5, 0.6) is 0 Å². The Balaban J connectivity index is 1.30. The fraction of sp³-hybridized carbons (Fsp3) is 0.364. The first-order valence-corrected chi connectivity index (χ1v) is 10.3. The molecule has 0 saturated carbocycles. The minimum atomic E-state index is 0.554. The lowest BCUT2D eigenvalue weighted by Crippen LogP contribution is -2.43. The van der Waals surface area contributed by atoms with Gasteiger partial charge in [0.15, 0.2) is 0 Å². The van der Waals surface area contributed by atoms with E-state index in [9.17, 15) is 0 Å². The van der Waals surface area contributed by atoms with Crippen LogP contribution in [0.1, 0.15) is 0 Å². The SMILES string of the molecule is c1cc(N2CCNCC2)ccc1-c1nnc(-c2ccc(N3CCNCC3)cc2)o1. The molecule has 2 saturated heterocycles. The van der Waals surface area contributed by atoms with Gasteiger partial charge in [0.2, 0.25) is 11.8 Å². The monoisotopic (exact) mass is 390 g/mol. The summed E-state index contributed by atoms with van der Waals surface area (Å²) in [4.78, 5) is 4.78. The molecule has 3 aromatic rings. The second-order valence-electron chi connectivity index (χ2n) is 7.48. The molecule has 150 valence electrons. The number of hydrogen-bond acceptors (Lipinski definition) is 7. The van der Waals surface area contributed by atoms with Crippen LogP contribution in [-0.2, 0) is 0 Å². The summed E-state index contributed by atoms with van der Waals surface area (Å²) in [5.41, 5.74) is 4.36. The molecule has 1 aromatic heterocycles. The molecule has 3 heterocycles. The van der Waals surface area contributed by atoms with E-state index < -0.39 is 0 Å². The van der Waals surface area contributed by atoms with E-state index >= 15 is 0 Å². The highest BCUT2D eigenvalue weighted by Gasteiger charge is 2.14. The Hall–Kier alpha value is -2.90. The van der Waals surface area contributed by atoms with Crippen LogP contribution in [0, 0.1) is 0 Å². The predicted octanol–water partition coefficient (Wildman–Crippen LogP) is 2.22. The van der Waals surface area contributed by atoms with E-state index in [0.29, 0.717) is 11.8 Å². The molecular formula is C22H26N6O. The molecule has 0 amide bonds. The molecule has 2 aliphatic heterocycles. The van der Waals surface area contributed by atoms with Crippen LogP contribution >= 0.6 is 0 Å². The van der Waals surface area contributed by atoms with Gasteiger partial charge in [0.05, 0.1) is 0 Å². The third-order valence-corrected chi connectivity index (χ3v) is 5.62. The molecule has 0 bridgehead atoms. The third kappa shape index (κ3) is 3.97. The van der Waals surface area contributed by atoms with Crippen LogP contribution in [0.3, 0.4) is 0 Å². The Morgan fingerprint density at radius 1 is 0.586 bits per heavy atom. The summed E-state index contributed by atoms with van der Waals surface area (Å²) in [6, 6.07) is 16.8. The van der Waals surface area contributed by atoms with Gasteiger partial charge in [-0.25, -0.2) is 0 Å². The lowest BCUT2D eigenvalue weighted by Gasteiger charge is -2.29. The summed E-state index contributed by atoms with van der Waals surface area (Å²) in [6.07, 6.45) is 0. The van der Waals surface area contributed by atoms with Crippen molar-refractivity contribution in [3.8, 4) is 22.9 Å². The number of aromatic nitrogens is 2. The predicted molar refractivity (Wildman–Crippen MR) is 115 cm³/mol. The van der Waals surface area contributed by atoms with Crippen molar-refractivity contribution in [3.05, 3.63) is 48.5 Å². The van der Waals surface area contributed by atoms with Crippen LogP contribution < -0.4 is 20.4 Å². The molecule has 0 aliphatic carbocycles. The average molecular weight is 390 g/mol. The summed E-state index contributed by atoms with van der Waals surface area (Å²) in [7, 11) is 0. The molecule has 0 atom stereocenters. The minimum Gasteiger partial charge on any atom is -0.416 e. The number of nitrogens with zero attached hydrogens (tertiary/aromatic N) is 4. The van der Waals surface area contributed by atoms with Crippen LogP contribution in [0.4, 0.5) is 11.4 Å². The first kappa shape index (κ1) is 18.1. The third-order valence-electron chi connectivity index (χ3n) is 5.62. The van der Waals surface area contributed by atoms with Crippen molar-refractivity contribution in [1.29, 1.82) is 0 Å². The zero-order valence-corrected chi connectivity index (χ0v) is 16.5. The molecule has 0 unspecified atom stereocenters. The van der Waals surface area contributed by atoms with Gasteiger partial charge in [-0.05, 0) is 48.5 Å². The Bertz CT molecular complexity index is 849. The summed E-state index contributed by atoms with van der Waals surface area (Å²) in [5, 5.41) is 15.3. The maximum atomic E-state index is 5.96. The zero-order chi connectivity index (χ0) is 19.5. The van der Waals surface area contributed by atoms with E-state index in [2.05, 4.69) is 79.2 Å². The molecule has 2 fully saturated rings. The summed E-state index contributed by atoms with van der Waals surface area (Å²) in [6.45, 7) is 8.26. The molecule has 5 rings (SSSR count). The molecular weight excluding hydrogens is 364 g/mol. The van der Waals surface area contributed by atoms with E-state index in [-0.39, 0.29) is 0 Å². The highest BCUT2D eigenvalue weighted by Crippen LogP contribution is 2.27. The summed E-state index contributed by atoms with van der Waals surface area (Å²) in [5.74, 6) is 1.11. The highest BCUT2D eigenvalue weighted by molar-refractivity contribution is 5.63. The second-order valence-corrected chi connectivity index (χ2v) is 7.48. The molecule has 7 nitrogen and oxygen atoms in total. The van der Waals surface area contributed by atoms with Crippen molar-refractivity contribution in [2.75, 3.05) is 62.2 Å². The van der Waals surface area contributed by atoms with Gasteiger partial charge in [-0.15, -0.1) is 10.2 Å². The van der Waals surface area contributed by atoms with Crippen LogP contribution in [0.15, 0.2) is 52.9 Å².